The van der Waals surface area contributed by atoms with E-state index in [9.17, 15) is 4.79 Å². The summed E-state index contributed by atoms with van der Waals surface area (Å²) in [6.45, 7) is 9.99. The van der Waals surface area contributed by atoms with E-state index in [1.807, 2.05) is 38.1 Å². The lowest BCUT2D eigenvalue weighted by Gasteiger charge is -2.30. The quantitative estimate of drug-likeness (QED) is 0.187. The molecule has 2 aliphatic rings. The Morgan fingerprint density at radius 1 is 0.756 bits per heavy atom. The summed E-state index contributed by atoms with van der Waals surface area (Å²) in [7, 11) is 0. The Morgan fingerprint density at radius 3 is 2.04 bits per heavy atom. The minimum absolute atomic E-state index is 0.104. The van der Waals surface area contributed by atoms with Crippen molar-refractivity contribution in [3.05, 3.63) is 84.7 Å². The summed E-state index contributed by atoms with van der Waals surface area (Å²) in [4.78, 5) is 31.2. The van der Waals surface area contributed by atoms with Gasteiger partial charge in [0.1, 0.15) is 17.2 Å². The van der Waals surface area contributed by atoms with E-state index in [1.54, 1.807) is 0 Å². The summed E-state index contributed by atoms with van der Waals surface area (Å²) in [6.07, 6.45) is 7.61. The summed E-state index contributed by atoms with van der Waals surface area (Å²) in [6, 6.07) is 22.6. The number of likely N-dealkylation sites (tertiary alicyclic amines) is 1. The van der Waals surface area contributed by atoms with Crippen molar-refractivity contribution in [2.24, 2.45) is 0 Å². The molecule has 2 saturated heterocycles. The zero-order valence-electron chi connectivity index (χ0n) is 26.7. The molecule has 0 aliphatic carbocycles. The molecule has 0 unspecified atom stereocenters. The highest BCUT2D eigenvalue weighted by Gasteiger charge is 2.39. The van der Waals surface area contributed by atoms with E-state index in [0.717, 1.165) is 59.0 Å². The highest BCUT2D eigenvalue weighted by atomic mass is 16.6. The van der Waals surface area contributed by atoms with E-state index >= 15 is 0 Å². The van der Waals surface area contributed by atoms with E-state index < -0.39 is 5.60 Å². The summed E-state index contributed by atoms with van der Waals surface area (Å²) in [5.74, 6) is 1.82. The molecule has 8 nitrogen and oxygen atoms in total. The van der Waals surface area contributed by atoms with Gasteiger partial charge in [0.05, 0.1) is 35.9 Å². The zero-order valence-corrected chi connectivity index (χ0v) is 26.7. The second kappa shape index (κ2) is 11.5. The van der Waals surface area contributed by atoms with E-state index in [1.165, 1.54) is 22.8 Å². The molecule has 0 saturated carbocycles. The highest BCUT2D eigenvalue weighted by Crippen LogP contribution is 2.37. The maximum Gasteiger partial charge on any atom is 0.411 e. The molecule has 2 aliphatic heterocycles. The van der Waals surface area contributed by atoms with E-state index in [4.69, 9.17) is 9.72 Å². The number of imidazole rings is 2. The van der Waals surface area contributed by atoms with Gasteiger partial charge in [0.2, 0.25) is 0 Å². The number of H-pyrrole nitrogens is 2. The van der Waals surface area contributed by atoms with Crippen LogP contribution in [0.2, 0.25) is 0 Å². The predicted octanol–water partition coefficient (Wildman–Crippen LogP) is 8.56. The molecule has 2 fully saturated rings. The normalized spacial score (nSPS) is 21.9. The van der Waals surface area contributed by atoms with Crippen molar-refractivity contribution in [1.82, 2.24) is 30.2 Å². The third kappa shape index (κ3) is 5.99. The van der Waals surface area contributed by atoms with Crippen LogP contribution >= 0.6 is 0 Å². The maximum absolute atomic E-state index is 13.0. The van der Waals surface area contributed by atoms with Gasteiger partial charge < -0.3 is 20.0 Å². The van der Waals surface area contributed by atoms with Crippen molar-refractivity contribution in [2.75, 3.05) is 0 Å². The number of nitrogens with zero attached hydrogens (tertiary/aromatic N) is 3. The third-order valence-electron chi connectivity index (χ3n) is 9.16. The van der Waals surface area contributed by atoms with Crippen LogP contribution in [-0.4, -0.2) is 48.6 Å². The van der Waals surface area contributed by atoms with Gasteiger partial charge in [0.15, 0.2) is 0 Å². The van der Waals surface area contributed by atoms with Crippen molar-refractivity contribution < 1.29 is 9.53 Å². The number of benzene rings is 3. The van der Waals surface area contributed by atoms with Crippen LogP contribution in [0.25, 0.3) is 44.4 Å². The lowest BCUT2D eigenvalue weighted by Crippen LogP contribution is -2.40. The summed E-state index contributed by atoms with van der Waals surface area (Å²) < 4.78 is 5.70. The average Bonchev–Trinajstić information content (AvgIpc) is 3.83. The van der Waals surface area contributed by atoms with Crippen LogP contribution in [0.4, 0.5) is 4.79 Å². The van der Waals surface area contributed by atoms with Gasteiger partial charge in [-0.05, 0) is 99.9 Å². The molecule has 0 spiro atoms. The Hall–Kier alpha value is -4.43. The molecular weight excluding hydrogens is 560 g/mol. The Kier molecular flexibility index (Phi) is 7.48. The number of carbonyl (C=O) groups excluding carboxylic acids is 1. The number of aromatic amines is 2. The number of carbonyl (C=O) groups is 1. The van der Waals surface area contributed by atoms with Crippen LogP contribution in [0, 0.1) is 0 Å². The van der Waals surface area contributed by atoms with Crippen molar-refractivity contribution >= 4 is 16.9 Å². The topological polar surface area (TPSA) is 98.9 Å². The maximum atomic E-state index is 13.0. The van der Waals surface area contributed by atoms with Gasteiger partial charge in [0.25, 0.3) is 0 Å². The Morgan fingerprint density at radius 2 is 1.36 bits per heavy atom. The first kappa shape index (κ1) is 29.3. The van der Waals surface area contributed by atoms with Crippen LogP contribution in [0.3, 0.4) is 0 Å². The minimum atomic E-state index is -0.538. The van der Waals surface area contributed by atoms with E-state index in [0.29, 0.717) is 12.1 Å². The van der Waals surface area contributed by atoms with Crippen molar-refractivity contribution in [3.8, 4) is 33.6 Å². The molecule has 2 aromatic heterocycles. The number of rotatable bonds is 5. The van der Waals surface area contributed by atoms with Gasteiger partial charge in [-0.2, -0.15) is 0 Å². The van der Waals surface area contributed by atoms with Crippen LogP contribution < -0.4 is 5.32 Å². The molecule has 4 atom stereocenters. The summed E-state index contributed by atoms with van der Waals surface area (Å²) >= 11 is 0. The number of ether oxygens (including phenoxy) is 1. The first-order valence-electron chi connectivity index (χ1n) is 16.1. The van der Waals surface area contributed by atoms with Crippen LogP contribution in [0.5, 0.6) is 0 Å². The lowest BCUT2D eigenvalue weighted by molar-refractivity contribution is 0.0151. The number of nitrogens with one attached hydrogen (secondary N) is 3. The first-order chi connectivity index (χ1) is 21.6. The smallest absolute Gasteiger partial charge is 0.411 e. The molecule has 4 heterocycles. The van der Waals surface area contributed by atoms with E-state index in [2.05, 4.69) is 94.8 Å². The lowest BCUT2D eigenvalue weighted by atomic mass is 9.98. The number of fused-ring (bicyclic) bond motifs is 1. The van der Waals surface area contributed by atoms with Crippen LogP contribution in [-0.2, 0) is 4.74 Å². The van der Waals surface area contributed by atoms with Gasteiger partial charge >= 0.3 is 6.09 Å². The molecule has 232 valence electrons. The number of hydrogen-bond acceptors (Lipinski definition) is 5. The van der Waals surface area contributed by atoms with Crippen molar-refractivity contribution in [1.29, 1.82) is 0 Å². The molecule has 7 rings (SSSR count). The summed E-state index contributed by atoms with van der Waals surface area (Å²) in [5.41, 5.74) is 5.97. The van der Waals surface area contributed by atoms with Crippen LogP contribution in [0.1, 0.15) is 84.0 Å². The molecule has 0 radical (unpaired) electrons. The monoisotopic (exact) mass is 602 g/mol. The SMILES string of the molecule is C[C@H]1CC[C@@H](c2ncc(-c3ccc4cc(-c5ccc(-c6cnc([C@@H]7CC[C@H](C)N7C(=O)OC(C)(C)C)[nH]6)cc5)ccc4c3)[nH]2)N1. The molecule has 1 amide bonds. The molecule has 5 aromatic rings. The Labute approximate surface area is 264 Å². The molecule has 3 aromatic carbocycles. The fourth-order valence-corrected chi connectivity index (χ4v) is 6.77. The molecular formula is C37H42N6O2. The Balaban J connectivity index is 1.06. The molecule has 8 heteroatoms. The van der Waals surface area contributed by atoms with Gasteiger partial charge in [-0.1, -0.05) is 48.5 Å². The van der Waals surface area contributed by atoms with Crippen molar-refractivity contribution in [2.45, 2.75) is 90.1 Å². The number of aromatic nitrogens is 4. The summed E-state index contributed by atoms with van der Waals surface area (Å²) in [5, 5.41) is 6.00. The fraction of sp³-hybridized carbons (Fsp3) is 0.378. The average molecular weight is 603 g/mol. The van der Waals surface area contributed by atoms with Gasteiger partial charge in [-0.15, -0.1) is 0 Å². The molecule has 0 bridgehead atoms. The first-order valence-corrected chi connectivity index (χ1v) is 16.1. The minimum Gasteiger partial charge on any atom is -0.444 e. The Bertz CT molecular complexity index is 1830. The van der Waals surface area contributed by atoms with Crippen LogP contribution in [0.15, 0.2) is 73.1 Å². The van der Waals surface area contributed by atoms with Crippen molar-refractivity contribution in [3.63, 3.8) is 0 Å². The fourth-order valence-electron chi connectivity index (χ4n) is 6.77. The van der Waals surface area contributed by atoms with E-state index in [-0.39, 0.29) is 18.2 Å². The van der Waals surface area contributed by atoms with Gasteiger partial charge in [-0.3, -0.25) is 4.90 Å². The number of amides is 1. The third-order valence-corrected chi connectivity index (χ3v) is 9.16. The van der Waals surface area contributed by atoms with Gasteiger partial charge in [-0.25, -0.2) is 14.8 Å². The standard InChI is InChI=1S/C37H42N6O2/c1-22-6-16-30(40-22)34-38-21-32(41-34)29-15-14-27-18-26(12-13-28(27)19-29)24-8-10-25(11-9-24)31-20-39-35(42-31)33-17-7-23(2)43(33)36(44)45-37(3,4)5/h8-15,18-23,30,33,40H,6-7,16-17H2,1-5H3,(H,38,41)(H,39,42)/t22-,23-,30-,33-/m0/s1. The molecule has 3 N–H and O–H groups in total. The van der Waals surface area contributed by atoms with Gasteiger partial charge in [0, 0.05) is 17.6 Å². The molecule has 45 heavy (non-hydrogen) atoms. The highest BCUT2D eigenvalue weighted by molar-refractivity contribution is 5.90. The largest absolute Gasteiger partial charge is 0.444 e. The number of hydrogen-bond donors (Lipinski definition) is 3. The zero-order chi connectivity index (χ0) is 31.3. The predicted molar refractivity (Wildman–Crippen MR) is 179 cm³/mol. The second-order valence-electron chi connectivity index (χ2n) is 13.7. The second-order valence-corrected chi connectivity index (χ2v) is 13.7.